The van der Waals surface area contributed by atoms with Gasteiger partial charge >= 0.3 is 5.97 Å². The Labute approximate surface area is 211 Å². The van der Waals surface area contributed by atoms with E-state index in [4.69, 9.17) is 4.74 Å². The maximum Gasteiger partial charge on any atom is 0.346 e. The molecule has 190 valence electrons. The third-order valence-electron chi connectivity index (χ3n) is 7.41. The van der Waals surface area contributed by atoms with E-state index in [-0.39, 0.29) is 29.2 Å². The molecule has 3 aromatic rings. The lowest BCUT2D eigenvalue weighted by Crippen LogP contribution is -2.16. The van der Waals surface area contributed by atoms with Gasteiger partial charge in [-0.25, -0.2) is 18.0 Å². The van der Waals surface area contributed by atoms with Crippen molar-refractivity contribution >= 4 is 5.97 Å². The molecule has 5 heteroatoms. The Balaban J connectivity index is 1.35. The lowest BCUT2D eigenvalue weighted by Gasteiger charge is -2.30. The minimum Gasteiger partial charge on any atom is -0.423 e. The Kier molecular flexibility index (Phi) is 8.50. The second-order valence-electron chi connectivity index (χ2n) is 10.0. The molecule has 0 N–H and O–H groups in total. The van der Waals surface area contributed by atoms with Gasteiger partial charge in [0.05, 0.1) is 5.56 Å². The van der Waals surface area contributed by atoms with Crippen LogP contribution in [0, 0.1) is 23.4 Å². The van der Waals surface area contributed by atoms with Crippen LogP contribution >= 0.6 is 0 Å². The highest BCUT2D eigenvalue weighted by Crippen LogP contribution is 2.40. The Morgan fingerprint density at radius 3 is 2.19 bits per heavy atom. The van der Waals surface area contributed by atoms with Crippen molar-refractivity contribution in [1.29, 1.82) is 0 Å². The molecule has 1 saturated carbocycles. The van der Waals surface area contributed by atoms with Gasteiger partial charge in [-0.1, -0.05) is 56.7 Å². The molecule has 0 spiro atoms. The Bertz CT molecular complexity index is 1160. The van der Waals surface area contributed by atoms with Gasteiger partial charge in [-0.15, -0.1) is 0 Å². The van der Waals surface area contributed by atoms with Gasteiger partial charge in [-0.2, -0.15) is 0 Å². The fourth-order valence-electron chi connectivity index (χ4n) is 5.39. The van der Waals surface area contributed by atoms with Crippen molar-refractivity contribution in [2.45, 2.75) is 70.6 Å². The molecule has 3 aromatic carbocycles. The van der Waals surface area contributed by atoms with Crippen LogP contribution in [0.1, 0.15) is 91.3 Å². The summed E-state index contributed by atoms with van der Waals surface area (Å²) < 4.78 is 48.3. The van der Waals surface area contributed by atoms with Gasteiger partial charge in [0.25, 0.3) is 0 Å². The van der Waals surface area contributed by atoms with E-state index in [1.807, 2.05) is 13.0 Å². The van der Waals surface area contributed by atoms with Crippen LogP contribution in [0.3, 0.4) is 0 Å². The predicted molar refractivity (Wildman–Crippen MR) is 136 cm³/mol. The van der Waals surface area contributed by atoms with Gasteiger partial charge in [0.15, 0.2) is 0 Å². The lowest BCUT2D eigenvalue weighted by atomic mass is 9.75. The van der Waals surface area contributed by atoms with E-state index in [0.717, 1.165) is 49.8 Å². The highest BCUT2D eigenvalue weighted by molar-refractivity contribution is 5.91. The fraction of sp³-hybridized carbons (Fsp3) is 0.387. The first-order chi connectivity index (χ1) is 17.4. The number of rotatable bonds is 8. The van der Waals surface area contributed by atoms with Gasteiger partial charge in [-0.3, -0.25) is 0 Å². The number of hydrogen-bond acceptors (Lipinski definition) is 2. The fourth-order valence-corrected chi connectivity index (χ4v) is 5.39. The highest BCUT2D eigenvalue weighted by atomic mass is 19.1. The van der Waals surface area contributed by atoms with Crippen LogP contribution < -0.4 is 4.74 Å². The molecule has 0 aliphatic heterocycles. The van der Waals surface area contributed by atoms with Crippen molar-refractivity contribution in [3.05, 3.63) is 100 Å². The van der Waals surface area contributed by atoms with Crippen LogP contribution in [0.5, 0.6) is 5.75 Å². The number of hydrogen-bond donors (Lipinski definition) is 0. The number of ether oxygens (including phenoxy) is 1. The van der Waals surface area contributed by atoms with E-state index in [1.54, 1.807) is 6.07 Å². The summed E-state index contributed by atoms with van der Waals surface area (Å²) >= 11 is 0. The second-order valence-corrected chi connectivity index (χ2v) is 10.0. The van der Waals surface area contributed by atoms with Crippen molar-refractivity contribution in [3.8, 4) is 5.75 Å². The summed E-state index contributed by atoms with van der Waals surface area (Å²) in [6.45, 7) is 4.09. The van der Waals surface area contributed by atoms with Crippen LogP contribution in [-0.4, -0.2) is 5.97 Å². The first-order valence-corrected chi connectivity index (χ1v) is 12.9. The van der Waals surface area contributed by atoms with E-state index in [2.05, 4.69) is 31.2 Å². The Morgan fingerprint density at radius 1 is 0.917 bits per heavy atom. The molecule has 0 amide bonds. The monoisotopic (exact) mass is 494 g/mol. The zero-order chi connectivity index (χ0) is 25.7. The summed E-state index contributed by atoms with van der Waals surface area (Å²) in [6.07, 6.45) is 6.14. The van der Waals surface area contributed by atoms with Gasteiger partial charge in [0, 0.05) is 17.7 Å². The molecule has 0 bridgehead atoms. The molecule has 36 heavy (non-hydrogen) atoms. The van der Waals surface area contributed by atoms with Crippen LogP contribution in [0.4, 0.5) is 13.2 Å². The Morgan fingerprint density at radius 2 is 1.58 bits per heavy atom. The van der Waals surface area contributed by atoms with Crippen molar-refractivity contribution in [2.75, 3.05) is 0 Å². The summed E-state index contributed by atoms with van der Waals surface area (Å²) in [5.41, 5.74) is 1.95. The van der Waals surface area contributed by atoms with E-state index >= 15 is 0 Å². The summed E-state index contributed by atoms with van der Waals surface area (Å²) in [6, 6.07) is 17.1. The highest BCUT2D eigenvalue weighted by Gasteiger charge is 2.25. The molecule has 1 aliphatic rings. The number of carbonyl (C=O) groups is 1. The summed E-state index contributed by atoms with van der Waals surface area (Å²) in [4.78, 5) is 12.5. The third-order valence-corrected chi connectivity index (χ3v) is 7.41. The van der Waals surface area contributed by atoms with Gasteiger partial charge < -0.3 is 4.74 Å². The Hall–Kier alpha value is -3.08. The molecule has 1 fully saturated rings. The molecular weight excluding hydrogens is 461 g/mol. The molecular formula is C31H33F3O2. The van der Waals surface area contributed by atoms with Crippen LogP contribution in [0.2, 0.25) is 0 Å². The summed E-state index contributed by atoms with van der Waals surface area (Å²) in [5, 5.41) is 0. The SMILES string of the molecule is CCCc1c(F)cc(OC(=O)c2ccc(C3CCC(CC(C)c4ccccc4)CC3)cc2F)cc1F. The van der Waals surface area contributed by atoms with Crippen molar-refractivity contribution in [2.24, 2.45) is 5.92 Å². The molecule has 0 heterocycles. The smallest absolute Gasteiger partial charge is 0.346 e. The summed E-state index contributed by atoms with van der Waals surface area (Å²) in [5.74, 6) is -2.06. The molecule has 1 unspecified atom stereocenters. The summed E-state index contributed by atoms with van der Waals surface area (Å²) in [7, 11) is 0. The average molecular weight is 495 g/mol. The first-order valence-electron chi connectivity index (χ1n) is 12.9. The predicted octanol–water partition coefficient (Wildman–Crippen LogP) is 8.74. The second kappa shape index (κ2) is 11.8. The molecule has 1 aliphatic carbocycles. The average Bonchev–Trinajstić information content (AvgIpc) is 2.87. The standard InChI is InChI=1S/C31H33F3O2/c1-3-7-26-29(33)18-25(19-30(26)34)36-31(35)27-15-14-24(17-28(27)32)23-12-10-21(11-13-23)16-20(2)22-8-5-4-6-9-22/h4-6,8-9,14-15,17-21,23H,3,7,10-13,16H2,1-2H3. The minimum atomic E-state index is -0.973. The normalized spacial score (nSPS) is 18.6. The van der Waals surface area contributed by atoms with E-state index in [9.17, 15) is 18.0 Å². The number of carbonyl (C=O) groups excluding carboxylic acids is 1. The molecule has 0 saturated heterocycles. The first kappa shape index (κ1) is 26.0. The number of halogens is 3. The van der Waals surface area contributed by atoms with Gasteiger partial charge in [0.1, 0.15) is 23.2 Å². The van der Waals surface area contributed by atoms with Gasteiger partial charge in [0.2, 0.25) is 0 Å². The molecule has 0 aromatic heterocycles. The van der Waals surface area contributed by atoms with E-state index < -0.39 is 23.4 Å². The number of esters is 1. The molecule has 2 nitrogen and oxygen atoms in total. The largest absolute Gasteiger partial charge is 0.423 e. The lowest BCUT2D eigenvalue weighted by molar-refractivity contribution is 0.0729. The maximum atomic E-state index is 14.9. The van der Waals surface area contributed by atoms with E-state index in [1.165, 1.54) is 17.7 Å². The minimum absolute atomic E-state index is 0.0444. The molecule has 4 rings (SSSR count). The van der Waals surface area contributed by atoms with Crippen molar-refractivity contribution < 1.29 is 22.7 Å². The van der Waals surface area contributed by atoms with E-state index in [0.29, 0.717) is 18.3 Å². The maximum absolute atomic E-state index is 14.9. The topological polar surface area (TPSA) is 26.3 Å². The quantitative estimate of drug-likeness (QED) is 0.231. The third kappa shape index (κ3) is 6.18. The zero-order valence-electron chi connectivity index (χ0n) is 20.9. The van der Waals surface area contributed by atoms with Gasteiger partial charge in [-0.05, 0) is 79.5 Å². The van der Waals surface area contributed by atoms with Crippen molar-refractivity contribution in [1.82, 2.24) is 0 Å². The van der Waals surface area contributed by atoms with Crippen LogP contribution in [0.25, 0.3) is 0 Å². The van der Waals surface area contributed by atoms with Crippen LogP contribution in [-0.2, 0) is 6.42 Å². The zero-order valence-corrected chi connectivity index (χ0v) is 20.9. The number of benzene rings is 3. The van der Waals surface area contributed by atoms with Crippen LogP contribution in [0.15, 0.2) is 60.7 Å². The van der Waals surface area contributed by atoms with Crippen molar-refractivity contribution in [3.63, 3.8) is 0 Å². The molecule has 0 radical (unpaired) electrons. The molecule has 1 atom stereocenters.